The van der Waals surface area contributed by atoms with E-state index in [1.165, 1.54) is 12.7 Å². The molecule has 0 unspecified atom stereocenters. The number of aromatic hydroxyl groups is 1. The molecule has 0 saturated heterocycles. The third-order valence-electron chi connectivity index (χ3n) is 2.58. The Bertz CT molecular complexity index is 668. The first-order valence-electron chi connectivity index (χ1n) is 5.18. The third-order valence-corrected chi connectivity index (χ3v) is 2.58. The number of rotatable bonds is 1. The molecule has 0 aliphatic rings. The average Bonchev–Trinajstić information content (AvgIpc) is 2.39. The van der Waals surface area contributed by atoms with Crippen LogP contribution >= 0.6 is 0 Å². The second kappa shape index (κ2) is 3.83. The Labute approximate surface area is 97.6 Å². The van der Waals surface area contributed by atoms with Gasteiger partial charge in [-0.1, -0.05) is 18.2 Å². The topological polar surface area (TPSA) is 58.9 Å². The maximum absolute atomic E-state index is 9.38. The fourth-order valence-corrected chi connectivity index (χ4v) is 1.76. The summed E-state index contributed by atoms with van der Waals surface area (Å²) in [6, 6.07) is 11.1. The van der Waals surface area contributed by atoms with E-state index in [4.69, 9.17) is 0 Å². The molecule has 0 spiro atoms. The van der Waals surface area contributed by atoms with Crippen molar-refractivity contribution in [2.24, 2.45) is 0 Å². The Hall–Kier alpha value is -2.49. The zero-order chi connectivity index (χ0) is 11.7. The largest absolute Gasteiger partial charge is 0.508 e. The van der Waals surface area contributed by atoms with Crippen LogP contribution in [0, 0.1) is 0 Å². The van der Waals surface area contributed by atoms with Gasteiger partial charge in [0.2, 0.25) is 0 Å². The van der Waals surface area contributed by atoms with Crippen molar-refractivity contribution in [3.8, 4) is 17.1 Å². The number of phenolic OH excluding ortho intramolecular Hbond substituents is 1. The van der Waals surface area contributed by atoms with E-state index in [0.29, 0.717) is 5.82 Å². The predicted molar refractivity (Wildman–Crippen MR) is 64.4 cm³/mol. The number of phenols is 1. The van der Waals surface area contributed by atoms with E-state index in [-0.39, 0.29) is 5.75 Å². The lowest BCUT2D eigenvalue weighted by Gasteiger charge is -2.02. The molecule has 1 heterocycles. The minimum Gasteiger partial charge on any atom is -0.508 e. The van der Waals surface area contributed by atoms with Gasteiger partial charge in [-0.2, -0.15) is 0 Å². The first-order chi connectivity index (χ1) is 8.33. The number of hydrogen-bond acceptors (Lipinski definition) is 4. The minimum absolute atomic E-state index is 0.269. The molecule has 1 aromatic heterocycles. The average molecular weight is 223 g/mol. The highest BCUT2D eigenvalue weighted by Gasteiger charge is 2.02. The van der Waals surface area contributed by atoms with Crippen LogP contribution in [0.3, 0.4) is 0 Å². The van der Waals surface area contributed by atoms with Crippen LogP contribution in [-0.4, -0.2) is 20.1 Å². The van der Waals surface area contributed by atoms with Crippen molar-refractivity contribution < 1.29 is 5.11 Å². The third kappa shape index (κ3) is 1.80. The second-order valence-electron chi connectivity index (χ2n) is 3.71. The molecule has 3 rings (SSSR count). The quantitative estimate of drug-likeness (QED) is 0.688. The van der Waals surface area contributed by atoms with Gasteiger partial charge in [-0.3, -0.25) is 0 Å². The fourth-order valence-electron chi connectivity index (χ4n) is 1.76. The summed E-state index contributed by atoms with van der Waals surface area (Å²) in [4.78, 5) is 12.0. The minimum atomic E-state index is 0.269. The van der Waals surface area contributed by atoms with Gasteiger partial charge in [0.05, 0.1) is 0 Å². The van der Waals surface area contributed by atoms with E-state index >= 15 is 0 Å². The number of benzene rings is 2. The fraction of sp³-hybridized carbons (Fsp3) is 0. The van der Waals surface area contributed by atoms with Crippen molar-refractivity contribution in [3.05, 3.63) is 49.1 Å². The summed E-state index contributed by atoms with van der Waals surface area (Å²) in [7, 11) is 0. The number of aromatic nitrogens is 3. The summed E-state index contributed by atoms with van der Waals surface area (Å²) in [5.41, 5.74) is 0.936. The Kier molecular flexibility index (Phi) is 2.19. The molecule has 0 bridgehead atoms. The summed E-state index contributed by atoms with van der Waals surface area (Å²) >= 11 is 0. The molecule has 0 atom stereocenters. The maximum Gasteiger partial charge on any atom is 0.162 e. The molecular weight excluding hydrogens is 214 g/mol. The smallest absolute Gasteiger partial charge is 0.162 e. The Morgan fingerprint density at radius 2 is 1.53 bits per heavy atom. The van der Waals surface area contributed by atoms with Gasteiger partial charge < -0.3 is 5.11 Å². The number of nitrogens with zero attached hydrogens (tertiary/aromatic N) is 3. The second-order valence-corrected chi connectivity index (χ2v) is 3.71. The highest BCUT2D eigenvalue weighted by Crippen LogP contribution is 2.24. The number of hydrogen-bond donors (Lipinski definition) is 1. The summed E-state index contributed by atoms with van der Waals surface area (Å²) in [5, 5.41) is 11.4. The summed E-state index contributed by atoms with van der Waals surface area (Å²) < 4.78 is 0. The van der Waals surface area contributed by atoms with Crippen molar-refractivity contribution in [1.82, 2.24) is 15.0 Å². The molecule has 4 heteroatoms. The van der Waals surface area contributed by atoms with E-state index in [1.807, 2.05) is 24.3 Å². The van der Waals surface area contributed by atoms with Crippen LogP contribution in [-0.2, 0) is 0 Å². The monoisotopic (exact) mass is 223 g/mol. The SMILES string of the molecule is Oc1ccc2cc(-c3ncncn3)ccc2c1. The van der Waals surface area contributed by atoms with Crippen LogP contribution < -0.4 is 0 Å². The molecular formula is C13H9N3O. The molecule has 1 N–H and O–H groups in total. The molecule has 2 aromatic carbocycles. The first kappa shape index (κ1) is 9.72. The lowest BCUT2D eigenvalue weighted by molar-refractivity contribution is 0.476. The zero-order valence-corrected chi connectivity index (χ0v) is 8.91. The van der Waals surface area contributed by atoms with Gasteiger partial charge in [0.15, 0.2) is 5.82 Å². The van der Waals surface area contributed by atoms with Gasteiger partial charge in [-0.15, -0.1) is 0 Å². The van der Waals surface area contributed by atoms with Crippen molar-refractivity contribution in [3.63, 3.8) is 0 Å². The highest BCUT2D eigenvalue weighted by molar-refractivity contribution is 5.87. The molecule has 0 aliphatic heterocycles. The molecule has 0 fully saturated rings. The first-order valence-corrected chi connectivity index (χ1v) is 5.18. The van der Waals surface area contributed by atoms with E-state index in [1.54, 1.807) is 12.1 Å². The lowest BCUT2D eigenvalue weighted by Crippen LogP contribution is -1.88. The standard InChI is InChI=1S/C13H9N3O/c17-12-4-3-9-5-11(2-1-10(9)6-12)13-15-7-14-8-16-13/h1-8,17H. The molecule has 0 radical (unpaired) electrons. The van der Waals surface area contributed by atoms with E-state index in [9.17, 15) is 5.11 Å². The molecule has 3 aromatic rings. The van der Waals surface area contributed by atoms with Crippen molar-refractivity contribution >= 4 is 10.8 Å². The highest BCUT2D eigenvalue weighted by atomic mass is 16.3. The summed E-state index contributed by atoms with van der Waals surface area (Å²) in [6.07, 6.45) is 2.95. The summed E-state index contributed by atoms with van der Waals surface area (Å²) in [6.45, 7) is 0. The van der Waals surface area contributed by atoms with Crippen LogP contribution in [0.5, 0.6) is 5.75 Å². The van der Waals surface area contributed by atoms with Gasteiger partial charge in [-0.05, 0) is 29.0 Å². The van der Waals surface area contributed by atoms with Crippen molar-refractivity contribution in [2.75, 3.05) is 0 Å². The van der Waals surface area contributed by atoms with Gasteiger partial charge in [0.1, 0.15) is 18.4 Å². The molecule has 0 amide bonds. The number of fused-ring (bicyclic) bond motifs is 1. The van der Waals surface area contributed by atoms with Crippen molar-refractivity contribution in [1.29, 1.82) is 0 Å². The van der Waals surface area contributed by atoms with E-state index < -0.39 is 0 Å². The van der Waals surface area contributed by atoms with E-state index in [0.717, 1.165) is 16.3 Å². The maximum atomic E-state index is 9.38. The van der Waals surface area contributed by atoms with Gasteiger partial charge in [-0.25, -0.2) is 15.0 Å². The van der Waals surface area contributed by atoms with E-state index in [2.05, 4.69) is 15.0 Å². The van der Waals surface area contributed by atoms with Crippen LogP contribution in [0.25, 0.3) is 22.2 Å². The normalized spacial score (nSPS) is 10.6. The van der Waals surface area contributed by atoms with Crippen LogP contribution in [0.1, 0.15) is 0 Å². The molecule has 17 heavy (non-hydrogen) atoms. The predicted octanol–water partition coefficient (Wildman–Crippen LogP) is 2.40. The Morgan fingerprint density at radius 3 is 2.35 bits per heavy atom. The van der Waals surface area contributed by atoms with Gasteiger partial charge in [0, 0.05) is 5.56 Å². The Balaban J connectivity index is 2.17. The van der Waals surface area contributed by atoms with Crippen LogP contribution in [0.15, 0.2) is 49.1 Å². The Morgan fingerprint density at radius 1 is 0.824 bits per heavy atom. The molecule has 0 aliphatic carbocycles. The van der Waals surface area contributed by atoms with Crippen LogP contribution in [0.2, 0.25) is 0 Å². The van der Waals surface area contributed by atoms with Crippen molar-refractivity contribution in [2.45, 2.75) is 0 Å². The van der Waals surface area contributed by atoms with Gasteiger partial charge in [0.25, 0.3) is 0 Å². The molecule has 4 nitrogen and oxygen atoms in total. The summed E-state index contributed by atoms with van der Waals surface area (Å²) in [5.74, 6) is 0.917. The van der Waals surface area contributed by atoms with Gasteiger partial charge >= 0.3 is 0 Å². The molecule has 82 valence electrons. The lowest BCUT2D eigenvalue weighted by atomic mass is 10.1. The zero-order valence-electron chi connectivity index (χ0n) is 8.91. The van der Waals surface area contributed by atoms with Crippen LogP contribution in [0.4, 0.5) is 0 Å². The molecule has 0 saturated carbocycles.